The molecule has 126 valence electrons. The van der Waals surface area contributed by atoms with E-state index in [1.165, 1.54) is 48.7 Å². The number of H-pyrrole nitrogens is 1. The van der Waals surface area contributed by atoms with Crippen molar-refractivity contribution < 1.29 is 30.0 Å². The van der Waals surface area contributed by atoms with Crippen molar-refractivity contribution in [1.82, 2.24) is 4.98 Å². The van der Waals surface area contributed by atoms with Gasteiger partial charge in [0.15, 0.2) is 0 Å². The summed E-state index contributed by atoms with van der Waals surface area (Å²) in [6.45, 7) is 0. The lowest BCUT2D eigenvalue weighted by molar-refractivity contribution is 0.0995. The first-order chi connectivity index (χ1) is 11.9. The minimum atomic E-state index is -0.807. The van der Waals surface area contributed by atoms with Crippen LogP contribution in [-0.2, 0) is 0 Å². The largest absolute Gasteiger partial charge is 0.507 e. The molecule has 0 amide bonds. The summed E-state index contributed by atoms with van der Waals surface area (Å²) >= 11 is 0. The van der Waals surface area contributed by atoms with Gasteiger partial charge < -0.3 is 25.4 Å². The lowest BCUT2D eigenvalue weighted by atomic mass is 9.97. The fourth-order valence-electron chi connectivity index (χ4n) is 2.53. The summed E-state index contributed by atoms with van der Waals surface area (Å²) in [5.41, 5.74) is -1.02. The molecule has 2 aromatic carbocycles. The van der Waals surface area contributed by atoms with Crippen LogP contribution in [0.25, 0.3) is 0 Å². The Labute approximate surface area is 141 Å². The van der Waals surface area contributed by atoms with Crippen molar-refractivity contribution in [3.8, 4) is 23.0 Å². The Morgan fingerprint density at radius 2 is 1.12 bits per heavy atom. The van der Waals surface area contributed by atoms with E-state index in [-0.39, 0.29) is 22.4 Å². The highest BCUT2D eigenvalue weighted by Crippen LogP contribution is 2.32. The standard InChI is InChI=1S/C18H13NO6/c20-10-3-1-4-11(21)14(10)17(24)9-7-8-19-16(9)18(25)15-12(22)5-2-6-13(15)23/h1-8,19-23H. The van der Waals surface area contributed by atoms with Crippen LogP contribution in [0.3, 0.4) is 0 Å². The van der Waals surface area contributed by atoms with E-state index in [0.717, 1.165) is 0 Å². The third kappa shape index (κ3) is 2.67. The molecule has 0 aliphatic heterocycles. The summed E-state index contributed by atoms with van der Waals surface area (Å²) in [4.78, 5) is 27.9. The van der Waals surface area contributed by atoms with Gasteiger partial charge in [-0.15, -0.1) is 0 Å². The van der Waals surface area contributed by atoms with E-state index < -0.39 is 34.6 Å². The maximum Gasteiger partial charge on any atom is 0.217 e. The molecule has 1 heterocycles. The van der Waals surface area contributed by atoms with Crippen molar-refractivity contribution in [2.24, 2.45) is 0 Å². The van der Waals surface area contributed by atoms with Gasteiger partial charge in [-0.05, 0) is 30.3 Å². The molecule has 0 saturated carbocycles. The maximum atomic E-state index is 12.7. The quantitative estimate of drug-likeness (QED) is 0.464. The molecule has 0 aliphatic carbocycles. The molecule has 1 aromatic heterocycles. The van der Waals surface area contributed by atoms with Crippen LogP contribution in [-0.4, -0.2) is 37.0 Å². The Balaban J connectivity index is 2.10. The number of carbonyl (C=O) groups is 2. The Bertz CT molecular complexity index is 870. The predicted molar refractivity (Wildman–Crippen MR) is 87.2 cm³/mol. The molecule has 3 aromatic rings. The van der Waals surface area contributed by atoms with E-state index in [4.69, 9.17) is 0 Å². The zero-order valence-electron chi connectivity index (χ0n) is 12.7. The number of aromatic hydroxyl groups is 4. The minimum absolute atomic E-state index is 0.121. The van der Waals surface area contributed by atoms with Gasteiger partial charge >= 0.3 is 0 Å². The molecular weight excluding hydrogens is 326 g/mol. The monoisotopic (exact) mass is 339 g/mol. The molecular formula is C18H13NO6. The van der Waals surface area contributed by atoms with E-state index in [1.807, 2.05) is 0 Å². The minimum Gasteiger partial charge on any atom is -0.507 e. The van der Waals surface area contributed by atoms with Crippen LogP contribution < -0.4 is 0 Å². The van der Waals surface area contributed by atoms with Crippen LogP contribution in [0.15, 0.2) is 48.7 Å². The van der Waals surface area contributed by atoms with Crippen molar-refractivity contribution >= 4 is 11.6 Å². The SMILES string of the molecule is O=C(c1cc[nH]c1C(=O)c1c(O)cccc1O)c1c(O)cccc1O. The molecule has 0 unspecified atom stereocenters. The van der Waals surface area contributed by atoms with E-state index in [9.17, 15) is 30.0 Å². The van der Waals surface area contributed by atoms with Gasteiger partial charge in [0.1, 0.15) is 34.1 Å². The van der Waals surface area contributed by atoms with Gasteiger partial charge in [0.25, 0.3) is 0 Å². The number of phenolic OH excluding ortho intramolecular Hbond substituents is 4. The molecule has 3 rings (SSSR count). The van der Waals surface area contributed by atoms with Gasteiger partial charge in [0.05, 0.1) is 11.3 Å². The number of carbonyl (C=O) groups excluding carboxylic acids is 2. The summed E-state index contributed by atoms with van der Waals surface area (Å²) in [5.74, 6) is -3.34. The molecule has 0 spiro atoms. The zero-order valence-corrected chi connectivity index (χ0v) is 12.7. The summed E-state index contributed by atoms with van der Waals surface area (Å²) in [6.07, 6.45) is 1.33. The van der Waals surface area contributed by atoms with Crippen LogP contribution in [0.5, 0.6) is 23.0 Å². The Hall–Kier alpha value is -3.74. The average molecular weight is 339 g/mol. The topological polar surface area (TPSA) is 131 Å². The van der Waals surface area contributed by atoms with Crippen LogP contribution in [0.4, 0.5) is 0 Å². The molecule has 7 nitrogen and oxygen atoms in total. The van der Waals surface area contributed by atoms with Crippen molar-refractivity contribution in [2.75, 3.05) is 0 Å². The van der Waals surface area contributed by atoms with E-state index in [0.29, 0.717) is 0 Å². The average Bonchev–Trinajstić information content (AvgIpc) is 3.03. The third-order valence-electron chi connectivity index (χ3n) is 3.71. The van der Waals surface area contributed by atoms with Crippen molar-refractivity contribution in [1.29, 1.82) is 0 Å². The number of benzene rings is 2. The molecule has 25 heavy (non-hydrogen) atoms. The molecule has 5 N–H and O–H groups in total. The smallest absolute Gasteiger partial charge is 0.217 e. The molecule has 0 saturated heterocycles. The Kier molecular flexibility index (Phi) is 3.90. The van der Waals surface area contributed by atoms with E-state index >= 15 is 0 Å². The molecule has 0 atom stereocenters. The van der Waals surface area contributed by atoms with Crippen molar-refractivity contribution in [3.63, 3.8) is 0 Å². The molecule has 0 radical (unpaired) electrons. The van der Waals surface area contributed by atoms with Crippen molar-refractivity contribution in [3.05, 3.63) is 71.0 Å². The maximum absolute atomic E-state index is 12.7. The molecule has 0 aliphatic rings. The normalized spacial score (nSPS) is 10.6. The third-order valence-corrected chi connectivity index (χ3v) is 3.71. The van der Waals surface area contributed by atoms with Gasteiger partial charge in [-0.1, -0.05) is 12.1 Å². The highest BCUT2D eigenvalue weighted by Gasteiger charge is 2.27. The molecule has 0 bridgehead atoms. The van der Waals surface area contributed by atoms with Crippen LogP contribution in [0.2, 0.25) is 0 Å². The highest BCUT2D eigenvalue weighted by molar-refractivity contribution is 6.21. The first-order valence-corrected chi connectivity index (χ1v) is 7.20. The fourth-order valence-corrected chi connectivity index (χ4v) is 2.53. The van der Waals surface area contributed by atoms with Crippen LogP contribution in [0, 0.1) is 0 Å². The van der Waals surface area contributed by atoms with Gasteiger partial charge in [0.2, 0.25) is 11.6 Å². The van der Waals surface area contributed by atoms with E-state index in [2.05, 4.69) is 4.98 Å². The number of nitrogens with one attached hydrogen (secondary N) is 1. The number of rotatable bonds is 4. The second-order valence-electron chi connectivity index (χ2n) is 5.27. The second-order valence-corrected chi connectivity index (χ2v) is 5.27. The summed E-state index contributed by atoms with van der Waals surface area (Å²) in [5, 5.41) is 39.4. The Morgan fingerprint density at radius 3 is 1.60 bits per heavy atom. The summed E-state index contributed by atoms with van der Waals surface area (Å²) in [7, 11) is 0. The highest BCUT2D eigenvalue weighted by atomic mass is 16.3. The predicted octanol–water partition coefficient (Wildman–Crippen LogP) is 2.30. The second kappa shape index (κ2) is 6.04. The summed E-state index contributed by atoms with van der Waals surface area (Å²) < 4.78 is 0. The number of aromatic amines is 1. The number of hydrogen-bond acceptors (Lipinski definition) is 6. The number of phenols is 4. The van der Waals surface area contributed by atoms with Gasteiger partial charge in [-0.25, -0.2) is 0 Å². The first-order valence-electron chi connectivity index (χ1n) is 7.20. The lowest BCUT2D eigenvalue weighted by Gasteiger charge is -2.09. The van der Waals surface area contributed by atoms with Crippen LogP contribution >= 0.6 is 0 Å². The van der Waals surface area contributed by atoms with Gasteiger partial charge in [-0.3, -0.25) is 9.59 Å². The van der Waals surface area contributed by atoms with Gasteiger partial charge in [-0.2, -0.15) is 0 Å². The Morgan fingerprint density at radius 1 is 0.680 bits per heavy atom. The summed E-state index contributed by atoms with van der Waals surface area (Å²) in [6, 6.07) is 8.95. The fraction of sp³-hybridized carbons (Fsp3) is 0. The number of hydrogen-bond donors (Lipinski definition) is 5. The lowest BCUT2D eigenvalue weighted by Crippen LogP contribution is -2.11. The molecule has 0 fully saturated rings. The van der Waals surface area contributed by atoms with Crippen LogP contribution in [0.1, 0.15) is 32.0 Å². The zero-order chi connectivity index (χ0) is 18.1. The first kappa shape index (κ1) is 16.1. The molecule has 7 heteroatoms. The van der Waals surface area contributed by atoms with Crippen molar-refractivity contribution in [2.45, 2.75) is 0 Å². The van der Waals surface area contributed by atoms with Gasteiger partial charge in [0, 0.05) is 6.20 Å². The number of aromatic nitrogens is 1. The van der Waals surface area contributed by atoms with E-state index in [1.54, 1.807) is 0 Å². The number of ketones is 2.